The van der Waals surface area contributed by atoms with Crippen molar-refractivity contribution >= 4 is 0 Å². The van der Waals surface area contributed by atoms with E-state index >= 15 is 0 Å². The number of rotatable bonds is 5. The van der Waals surface area contributed by atoms with Crippen LogP contribution in [0, 0.1) is 5.41 Å². The van der Waals surface area contributed by atoms with E-state index in [1.807, 2.05) is 6.07 Å². The van der Waals surface area contributed by atoms with Gasteiger partial charge in [-0.2, -0.15) is 0 Å². The first-order valence-electron chi connectivity index (χ1n) is 8.56. The summed E-state index contributed by atoms with van der Waals surface area (Å²) in [6, 6.07) is 9.30. The number of methoxy groups -OCH3 is 1. The number of ether oxygens (including phenoxy) is 1. The molecule has 0 amide bonds. The van der Waals surface area contributed by atoms with E-state index < -0.39 is 0 Å². The quantitative estimate of drug-likeness (QED) is 0.861. The molecule has 2 aliphatic carbocycles. The second kappa shape index (κ2) is 6.39. The Bertz CT molecular complexity index is 458. The molecule has 0 aliphatic heterocycles. The summed E-state index contributed by atoms with van der Waals surface area (Å²) in [5.41, 5.74) is 2.00. The third kappa shape index (κ3) is 3.60. The molecule has 1 N–H and O–H groups in total. The van der Waals surface area contributed by atoms with Gasteiger partial charge in [0.05, 0.1) is 7.11 Å². The van der Waals surface area contributed by atoms with Crippen LogP contribution in [-0.2, 0) is 0 Å². The number of benzene rings is 1. The molecule has 3 rings (SSSR count). The Morgan fingerprint density at radius 2 is 1.95 bits per heavy atom. The highest BCUT2D eigenvalue weighted by Crippen LogP contribution is 2.40. The van der Waals surface area contributed by atoms with Crippen molar-refractivity contribution in [2.45, 2.75) is 63.8 Å². The average molecular weight is 287 g/mol. The van der Waals surface area contributed by atoms with Crippen molar-refractivity contribution in [2.24, 2.45) is 5.41 Å². The van der Waals surface area contributed by atoms with Gasteiger partial charge in [-0.1, -0.05) is 38.3 Å². The smallest absolute Gasteiger partial charge is 0.119 e. The van der Waals surface area contributed by atoms with Crippen LogP contribution in [0.4, 0.5) is 0 Å². The number of nitrogens with one attached hydrogen (secondary N) is 1. The Morgan fingerprint density at radius 3 is 2.67 bits per heavy atom. The Kier molecular flexibility index (Phi) is 4.54. The van der Waals surface area contributed by atoms with Crippen molar-refractivity contribution in [1.82, 2.24) is 5.32 Å². The van der Waals surface area contributed by atoms with Gasteiger partial charge in [-0.15, -0.1) is 0 Å². The predicted octanol–water partition coefficient (Wildman–Crippen LogP) is 4.50. The van der Waals surface area contributed by atoms with E-state index in [2.05, 4.69) is 30.4 Å². The molecule has 2 fully saturated rings. The van der Waals surface area contributed by atoms with Gasteiger partial charge in [0, 0.05) is 12.6 Å². The van der Waals surface area contributed by atoms with Gasteiger partial charge < -0.3 is 10.1 Å². The molecule has 2 saturated carbocycles. The molecule has 2 aliphatic rings. The van der Waals surface area contributed by atoms with Crippen LogP contribution in [0.25, 0.3) is 0 Å². The molecule has 2 heteroatoms. The van der Waals surface area contributed by atoms with Crippen LogP contribution >= 0.6 is 0 Å². The summed E-state index contributed by atoms with van der Waals surface area (Å²) < 4.78 is 5.32. The molecule has 0 heterocycles. The van der Waals surface area contributed by atoms with Crippen LogP contribution in [0.15, 0.2) is 24.3 Å². The van der Waals surface area contributed by atoms with Crippen molar-refractivity contribution in [1.29, 1.82) is 0 Å². The van der Waals surface area contributed by atoms with Gasteiger partial charge in [0.15, 0.2) is 0 Å². The van der Waals surface area contributed by atoms with Gasteiger partial charge in [-0.3, -0.25) is 0 Å². The van der Waals surface area contributed by atoms with Crippen molar-refractivity contribution in [2.75, 3.05) is 13.7 Å². The summed E-state index contributed by atoms with van der Waals surface area (Å²) in [6.07, 6.45) is 9.67. The molecule has 21 heavy (non-hydrogen) atoms. The zero-order valence-corrected chi connectivity index (χ0v) is 13.5. The maximum atomic E-state index is 5.32. The van der Waals surface area contributed by atoms with Crippen molar-refractivity contribution in [3.05, 3.63) is 29.8 Å². The second-order valence-electron chi connectivity index (χ2n) is 7.39. The van der Waals surface area contributed by atoms with Crippen LogP contribution in [0.1, 0.15) is 63.4 Å². The molecule has 0 radical (unpaired) electrons. The van der Waals surface area contributed by atoms with E-state index in [0.29, 0.717) is 5.41 Å². The van der Waals surface area contributed by atoms with Crippen molar-refractivity contribution < 1.29 is 4.74 Å². The molecule has 1 aromatic carbocycles. The molecular weight excluding hydrogens is 258 g/mol. The Balaban J connectivity index is 1.45. The molecular formula is C19H29NO. The lowest BCUT2D eigenvalue weighted by Gasteiger charge is -2.41. The van der Waals surface area contributed by atoms with Crippen LogP contribution in [0.3, 0.4) is 0 Å². The summed E-state index contributed by atoms with van der Waals surface area (Å²) >= 11 is 0. The largest absolute Gasteiger partial charge is 0.497 e. The fourth-order valence-electron chi connectivity index (χ4n) is 3.92. The highest BCUT2D eigenvalue weighted by molar-refractivity contribution is 5.32. The van der Waals surface area contributed by atoms with Gasteiger partial charge in [0.2, 0.25) is 0 Å². The fourth-order valence-corrected chi connectivity index (χ4v) is 3.92. The predicted molar refractivity (Wildman–Crippen MR) is 88.0 cm³/mol. The number of hydrogen-bond acceptors (Lipinski definition) is 2. The van der Waals surface area contributed by atoms with Gasteiger partial charge in [0.1, 0.15) is 5.75 Å². The molecule has 0 atom stereocenters. The average Bonchev–Trinajstić information content (AvgIpc) is 2.46. The van der Waals surface area contributed by atoms with Crippen molar-refractivity contribution in [3.8, 4) is 5.75 Å². The molecule has 0 bridgehead atoms. The first-order chi connectivity index (χ1) is 10.2. The minimum absolute atomic E-state index is 0.555. The van der Waals surface area contributed by atoms with Gasteiger partial charge in [0.25, 0.3) is 0 Å². The zero-order valence-electron chi connectivity index (χ0n) is 13.5. The molecule has 1 aromatic rings. The first-order valence-corrected chi connectivity index (χ1v) is 8.56. The lowest BCUT2D eigenvalue weighted by Crippen LogP contribution is -2.45. The minimum Gasteiger partial charge on any atom is -0.497 e. The van der Waals surface area contributed by atoms with E-state index in [-0.39, 0.29) is 0 Å². The lowest BCUT2D eigenvalue weighted by molar-refractivity contribution is 0.178. The van der Waals surface area contributed by atoms with Gasteiger partial charge in [-0.25, -0.2) is 0 Å². The fraction of sp³-hybridized carbons (Fsp3) is 0.684. The maximum absolute atomic E-state index is 5.32. The zero-order chi connectivity index (χ0) is 14.7. The topological polar surface area (TPSA) is 21.3 Å². The van der Waals surface area contributed by atoms with Crippen LogP contribution in [-0.4, -0.2) is 19.7 Å². The van der Waals surface area contributed by atoms with E-state index in [0.717, 1.165) is 17.7 Å². The molecule has 0 aromatic heterocycles. The standard InChI is InChI=1S/C19H29NO/c1-19(9-4-3-5-10-19)14-20-17-11-16(12-17)15-7-6-8-18(13-15)21-2/h6-8,13,16-17,20H,3-5,9-12,14H2,1-2H3. The molecule has 0 unspecified atom stereocenters. The third-order valence-corrected chi connectivity index (χ3v) is 5.58. The molecule has 0 spiro atoms. The third-order valence-electron chi connectivity index (χ3n) is 5.58. The van der Waals surface area contributed by atoms with E-state index in [1.54, 1.807) is 7.11 Å². The van der Waals surface area contributed by atoms with Crippen LogP contribution in [0.2, 0.25) is 0 Å². The minimum atomic E-state index is 0.555. The molecule has 0 saturated heterocycles. The normalized spacial score (nSPS) is 27.9. The van der Waals surface area contributed by atoms with Gasteiger partial charge >= 0.3 is 0 Å². The summed E-state index contributed by atoms with van der Waals surface area (Å²) in [5.74, 6) is 1.70. The molecule has 116 valence electrons. The summed E-state index contributed by atoms with van der Waals surface area (Å²) in [4.78, 5) is 0. The van der Waals surface area contributed by atoms with Crippen LogP contribution in [0.5, 0.6) is 5.75 Å². The highest BCUT2D eigenvalue weighted by atomic mass is 16.5. The van der Waals surface area contributed by atoms with E-state index in [1.165, 1.54) is 57.1 Å². The van der Waals surface area contributed by atoms with Crippen LogP contribution < -0.4 is 10.1 Å². The first kappa shape index (κ1) is 14.9. The summed E-state index contributed by atoms with van der Waals surface area (Å²) in [7, 11) is 1.75. The number of hydrogen-bond donors (Lipinski definition) is 1. The summed E-state index contributed by atoms with van der Waals surface area (Å²) in [5, 5.41) is 3.83. The van der Waals surface area contributed by atoms with Gasteiger partial charge in [-0.05, 0) is 54.7 Å². The Labute approximate surface area is 129 Å². The summed E-state index contributed by atoms with van der Waals surface area (Å²) in [6.45, 7) is 3.68. The molecule has 2 nitrogen and oxygen atoms in total. The Morgan fingerprint density at radius 1 is 1.19 bits per heavy atom. The Hall–Kier alpha value is -1.02. The highest BCUT2D eigenvalue weighted by Gasteiger charge is 2.33. The van der Waals surface area contributed by atoms with E-state index in [9.17, 15) is 0 Å². The maximum Gasteiger partial charge on any atom is 0.119 e. The van der Waals surface area contributed by atoms with E-state index in [4.69, 9.17) is 4.74 Å². The van der Waals surface area contributed by atoms with Crippen molar-refractivity contribution in [3.63, 3.8) is 0 Å². The second-order valence-corrected chi connectivity index (χ2v) is 7.39. The monoisotopic (exact) mass is 287 g/mol. The lowest BCUT2D eigenvalue weighted by atomic mass is 9.73. The SMILES string of the molecule is COc1cccc(C2CC(NCC3(C)CCCCC3)C2)c1.